The Balaban J connectivity index is 1.96. The van der Waals surface area contributed by atoms with Gasteiger partial charge in [-0.2, -0.15) is 0 Å². The summed E-state index contributed by atoms with van der Waals surface area (Å²) >= 11 is 0. The highest BCUT2D eigenvalue weighted by atomic mass is 16.4. The maximum absolute atomic E-state index is 12.3. The van der Waals surface area contributed by atoms with Crippen molar-refractivity contribution in [2.75, 3.05) is 4.90 Å². The number of piperidine rings is 1. The molecule has 0 radical (unpaired) electrons. The van der Waals surface area contributed by atoms with Gasteiger partial charge in [0.1, 0.15) is 0 Å². The Morgan fingerprint density at radius 3 is 2.20 bits per heavy atom. The van der Waals surface area contributed by atoms with Gasteiger partial charge in [-0.15, -0.1) is 0 Å². The molecule has 3 rings (SSSR count). The molecule has 1 aromatic carbocycles. The fourth-order valence-corrected chi connectivity index (χ4v) is 3.23. The molecule has 2 fully saturated rings. The van der Waals surface area contributed by atoms with Gasteiger partial charge < -0.3 is 5.11 Å². The van der Waals surface area contributed by atoms with Gasteiger partial charge in [-0.05, 0) is 36.1 Å². The number of carboxylic acid groups (broad SMARTS) is 1. The molecular weight excluding hydrogens is 258 g/mol. The van der Waals surface area contributed by atoms with E-state index in [0.29, 0.717) is 11.3 Å². The van der Waals surface area contributed by atoms with Crippen LogP contribution in [-0.2, 0) is 9.59 Å². The van der Waals surface area contributed by atoms with Crippen LogP contribution in [0.2, 0.25) is 0 Å². The normalized spacial score (nSPS) is 26.6. The van der Waals surface area contributed by atoms with Crippen molar-refractivity contribution in [3.05, 3.63) is 29.3 Å². The van der Waals surface area contributed by atoms with E-state index in [0.717, 1.165) is 0 Å². The fourth-order valence-electron chi connectivity index (χ4n) is 3.23. The zero-order valence-electron chi connectivity index (χ0n) is 11.5. The van der Waals surface area contributed by atoms with Crippen LogP contribution < -0.4 is 4.90 Å². The lowest BCUT2D eigenvalue weighted by Gasteiger charge is -2.21. The van der Waals surface area contributed by atoms with Crippen molar-refractivity contribution in [3.63, 3.8) is 0 Å². The third kappa shape index (κ3) is 1.46. The van der Waals surface area contributed by atoms with Crippen LogP contribution in [0.1, 0.15) is 29.8 Å². The molecule has 20 heavy (non-hydrogen) atoms. The number of carboxylic acids is 1. The average molecular weight is 273 g/mol. The van der Waals surface area contributed by atoms with Crippen molar-refractivity contribution in [3.8, 4) is 0 Å². The van der Waals surface area contributed by atoms with Crippen LogP contribution in [0.3, 0.4) is 0 Å². The highest BCUT2D eigenvalue weighted by molar-refractivity contribution is 6.25. The van der Waals surface area contributed by atoms with Crippen LogP contribution >= 0.6 is 0 Å². The van der Waals surface area contributed by atoms with E-state index < -0.39 is 5.97 Å². The van der Waals surface area contributed by atoms with Crippen molar-refractivity contribution in [2.24, 2.45) is 17.3 Å². The molecular formula is C15H15NO4. The molecule has 1 heterocycles. The predicted octanol–water partition coefficient (Wildman–Crippen LogP) is 1.84. The summed E-state index contributed by atoms with van der Waals surface area (Å²) in [4.78, 5) is 36.8. The van der Waals surface area contributed by atoms with Crippen LogP contribution in [0.4, 0.5) is 5.69 Å². The highest BCUT2D eigenvalue weighted by Crippen LogP contribution is 2.63. The Kier molecular flexibility index (Phi) is 2.37. The minimum atomic E-state index is -1.02. The van der Waals surface area contributed by atoms with E-state index in [9.17, 15) is 14.4 Å². The second kappa shape index (κ2) is 3.69. The molecule has 104 valence electrons. The smallest absolute Gasteiger partial charge is 0.335 e. The molecule has 1 N–H and O–H groups in total. The first kappa shape index (κ1) is 12.8. The Bertz CT molecular complexity index is 638. The van der Waals surface area contributed by atoms with E-state index in [1.165, 1.54) is 17.0 Å². The molecule has 2 atom stereocenters. The fraction of sp³-hybridized carbons (Fsp3) is 0.400. The molecule has 2 aliphatic rings. The number of amides is 2. The molecule has 0 bridgehead atoms. The zero-order valence-corrected chi connectivity index (χ0v) is 11.5. The summed E-state index contributed by atoms with van der Waals surface area (Å²) in [6.45, 7) is 5.51. The van der Waals surface area contributed by atoms with Crippen LogP contribution in [-0.4, -0.2) is 22.9 Å². The third-order valence-electron chi connectivity index (χ3n) is 4.50. The molecule has 1 saturated carbocycles. The van der Waals surface area contributed by atoms with Crippen LogP contribution in [0.5, 0.6) is 0 Å². The van der Waals surface area contributed by atoms with Gasteiger partial charge in [0.25, 0.3) is 0 Å². The summed E-state index contributed by atoms with van der Waals surface area (Å²) in [5, 5.41) is 9.00. The van der Waals surface area contributed by atoms with Crippen molar-refractivity contribution in [1.82, 2.24) is 0 Å². The van der Waals surface area contributed by atoms with E-state index in [2.05, 4.69) is 0 Å². The SMILES string of the molecule is Cc1cc(N2C(=O)C3C(C2=O)C3(C)C)ccc1C(=O)O. The van der Waals surface area contributed by atoms with Crippen molar-refractivity contribution >= 4 is 23.5 Å². The van der Waals surface area contributed by atoms with Gasteiger partial charge in [0, 0.05) is 0 Å². The lowest BCUT2D eigenvalue weighted by molar-refractivity contribution is -0.125. The van der Waals surface area contributed by atoms with Gasteiger partial charge in [-0.1, -0.05) is 13.8 Å². The first-order chi connectivity index (χ1) is 9.26. The molecule has 0 aromatic heterocycles. The van der Waals surface area contributed by atoms with Crippen molar-refractivity contribution < 1.29 is 19.5 Å². The summed E-state index contributed by atoms with van der Waals surface area (Å²) in [6, 6.07) is 4.53. The molecule has 1 aromatic rings. The number of carbonyl (C=O) groups excluding carboxylic acids is 2. The second-order valence-corrected chi connectivity index (χ2v) is 6.09. The highest BCUT2D eigenvalue weighted by Gasteiger charge is 2.72. The van der Waals surface area contributed by atoms with E-state index >= 15 is 0 Å². The molecule has 5 nitrogen and oxygen atoms in total. The Hall–Kier alpha value is -2.17. The summed E-state index contributed by atoms with van der Waals surface area (Å²) in [5.41, 5.74) is 0.944. The number of rotatable bonds is 2. The van der Waals surface area contributed by atoms with Gasteiger partial charge in [0.2, 0.25) is 11.8 Å². The van der Waals surface area contributed by atoms with E-state index in [4.69, 9.17) is 5.11 Å². The minimum Gasteiger partial charge on any atom is -0.478 e. The minimum absolute atomic E-state index is 0.174. The molecule has 1 aliphatic carbocycles. The summed E-state index contributed by atoms with van der Waals surface area (Å²) in [5.74, 6) is -1.82. The topological polar surface area (TPSA) is 74.7 Å². The zero-order chi connectivity index (χ0) is 14.8. The third-order valence-corrected chi connectivity index (χ3v) is 4.50. The van der Waals surface area contributed by atoms with Gasteiger partial charge >= 0.3 is 5.97 Å². The number of imide groups is 1. The van der Waals surface area contributed by atoms with Crippen LogP contribution in [0, 0.1) is 24.2 Å². The number of anilines is 1. The molecule has 5 heteroatoms. The number of nitrogens with zero attached hydrogens (tertiary/aromatic N) is 1. The largest absolute Gasteiger partial charge is 0.478 e. The van der Waals surface area contributed by atoms with Crippen molar-refractivity contribution in [2.45, 2.75) is 20.8 Å². The molecule has 1 aliphatic heterocycles. The predicted molar refractivity (Wildman–Crippen MR) is 71.4 cm³/mol. The maximum atomic E-state index is 12.3. The first-order valence-corrected chi connectivity index (χ1v) is 6.48. The summed E-state index contributed by atoms with van der Waals surface area (Å²) in [7, 11) is 0. The Morgan fingerprint density at radius 2 is 1.75 bits per heavy atom. The monoisotopic (exact) mass is 273 g/mol. The van der Waals surface area contributed by atoms with Crippen molar-refractivity contribution in [1.29, 1.82) is 0 Å². The number of hydrogen-bond donors (Lipinski definition) is 1. The molecule has 0 spiro atoms. The molecule has 2 unspecified atom stereocenters. The van der Waals surface area contributed by atoms with Gasteiger partial charge in [-0.3, -0.25) is 14.5 Å². The summed E-state index contributed by atoms with van der Waals surface area (Å²) < 4.78 is 0. The first-order valence-electron chi connectivity index (χ1n) is 6.48. The van der Waals surface area contributed by atoms with E-state index in [-0.39, 0.29) is 34.6 Å². The number of fused-ring (bicyclic) bond motifs is 1. The Labute approximate surface area is 116 Å². The van der Waals surface area contributed by atoms with E-state index in [1.54, 1.807) is 13.0 Å². The van der Waals surface area contributed by atoms with Gasteiger partial charge in [0.05, 0.1) is 23.1 Å². The lowest BCUT2D eigenvalue weighted by atomic mass is 10.0. The number of benzene rings is 1. The van der Waals surface area contributed by atoms with Crippen LogP contribution in [0.25, 0.3) is 0 Å². The number of aryl methyl sites for hydroxylation is 1. The maximum Gasteiger partial charge on any atom is 0.335 e. The number of carbonyl (C=O) groups is 3. The Morgan fingerprint density at radius 1 is 1.20 bits per heavy atom. The number of aromatic carboxylic acids is 1. The molecule has 2 amide bonds. The van der Waals surface area contributed by atoms with Crippen LogP contribution in [0.15, 0.2) is 18.2 Å². The van der Waals surface area contributed by atoms with Gasteiger partial charge in [-0.25, -0.2) is 4.79 Å². The lowest BCUT2D eigenvalue weighted by Crippen LogP contribution is -2.36. The molecule has 1 saturated heterocycles. The second-order valence-electron chi connectivity index (χ2n) is 6.09. The quantitative estimate of drug-likeness (QED) is 0.834. The number of hydrogen-bond acceptors (Lipinski definition) is 3. The average Bonchev–Trinajstić information content (AvgIpc) is 2.79. The standard InChI is InChI=1S/C15H15NO4/c1-7-6-8(4-5-9(7)14(19)20)16-12(17)10-11(13(16)18)15(10,2)3/h4-6,10-11H,1-3H3,(H,19,20). The van der Waals surface area contributed by atoms with Gasteiger partial charge in [0.15, 0.2) is 0 Å². The summed E-state index contributed by atoms with van der Waals surface area (Å²) in [6.07, 6.45) is 0. The van der Waals surface area contributed by atoms with E-state index in [1.807, 2.05) is 13.8 Å².